The van der Waals surface area contributed by atoms with Crippen molar-refractivity contribution in [3.63, 3.8) is 0 Å². The van der Waals surface area contributed by atoms with Crippen LogP contribution in [0.25, 0.3) is 10.8 Å². The van der Waals surface area contributed by atoms with Crippen molar-refractivity contribution in [1.29, 1.82) is 0 Å². The van der Waals surface area contributed by atoms with Crippen LogP contribution >= 0.6 is 0 Å². The molecule has 4 atom stereocenters. The second-order valence-electron chi connectivity index (χ2n) is 13.4. The predicted octanol–water partition coefficient (Wildman–Crippen LogP) is 3.50. The van der Waals surface area contributed by atoms with Crippen LogP contribution in [0.5, 0.6) is 0 Å². The number of amides is 5. The fraction of sp³-hybridized carbons (Fsp3) is 0.568. The van der Waals surface area contributed by atoms with Gasteiger partial charge >= 0.3 is 5.97 Å². The Morgan fingerprint density at radius 1 is 0.776 bits per heavy atom. The molecule has 1 fully saturated rings. The third-order valence-corrected chi connectivity index (χ3v) is 8.68. The van der Waals surface area contributed by atoms with Crippen molar-refractivity contribution in [2.24, 2.45) is 5.92 Å². The molecule has 0 spiro atoms. The van der Waals surface area contributed by atoms with Gasteiger partial charge in [-0.25, -0.2) is 0 Å². The van der Waals surface area contributed by atoms with Crippen molar-refractivity contribution in [2.75, 3.05) is 6.54 Å². The van der Waals surface area contributed by atoms with E-state index in [4.69, 9.17) is 5.11 Å². The summed E-state index contributed by atoms with van der Waals surface area (Å²) in [5, 5.41) is 25.4. The quantitative estimate of drug-likeness (QED) is 0.147. The van der Waals surface area contributed by atoms with E-state index >= 15 is 0 Å². The van der Waals surface area contributed by atoms with E-state index in [2.05, 4.69) is 26.6 Å². The van der Waals surface area contributed by atoms with Gasteiger partial charge in [-0.3, -0.25) is 28.8 Å². The van der Waals surface area contributed by atoms with Gasteiger partial charge in [0.15, 0.2) is 0 Å². The smallest absolute Gasteiger partial charge is 0.303 e. The van der Waals surface area contributed by atoms with E-state index < -0.39 is 47.9 Å². The number of hydrogen-bond acceptors (Lipinski definition) is 6. The van der Waals surface area contributed by atoms with Gasteiger partial charge in [0.1, 0.15) is 18.1 Å². The Hall–Kier alpha value is -4.48. The van der Waals surface area contributed by atoms with Crippen LogP contribution < -0.4 is 26.6 Å². The van der Waals surface area contributed by atoms with Crippen LogP contribution in [-0.2, 0) is 35.2 Å². The molecule has 268 valence electrons. The molecule has 2 aromatic carbocycles. The van der Waals surface area contributed by atoms with Gasteiger partial charge in [-0.2, -0.15) is 0 Å². The van der Waals surface area contributed by atoms with Crippen LogP contribution in [0.4, 0.5) is 0 Å². The molecule has 1 saturated heterocycles. The van der Waals surface area contributed by atoms with E-state index in [9.17, 15) is 28.8 Å². The predicted molar refractivity (Wildman–Crippen MR) is 187 cm³/mol. The molecular weight excluding hydrogens is 626 g/mol. The van der Waals surface area contributed by atoms with E-state index in [0.717, 1.165) is 22.8 Å². The molecule has 1 aliphatic heterocycles. The van der Waals surface area contributed by atoms with E-state index in [1.807, 2.05) is 56.3 Å². The zero-order valence-corrected chi connectivity index (χ0v) is 29.0. The molecule has 0 aliphatic carbocycles. The SMILES string of the molecule is CC(=O)NCCCCC[C@@H]1NC(=O)C[C@H](CC(C)C)NC(=O)[C@H](Cc2cccc3ccccc23)NC(=O)[C@H](CCCCCC(=O)O)NC1=O. The standard InChI is InChI=1S/C37H53N5O7/c1-24(2)21-28-23-33(44)40-30(17-7-5-11-20-38-25(3)43)35(47)41-31(18-6-4-8-19-34(45)46)36(48)42-32(37(49)39-28)22-27-15-12-14-26-13-9-10-16-29(26)27/h9-10,12-16,24,28,30-32H,4-8,11,17-23H2,1-3H3,(H,38,43)(H,39,49)(H,40,44)(H,41,47)(H,42,48)(H,45,46)/t28-,30-,31-,32-/m0/s1. The van der Waals surface area contributed by atoms with E-state index in [1.54, 1.807) is 0 Å². The normalized spacial score (nSPS) is 20.7. The third kappa shape index (κ3) is 13.9. The highest BCUT2D eigenvalue weighted by Crippen LogP contribution is 2.21. The molecule has 12 nitrogen and oxygen atoms in total. The van der Waals surface area contributed by atoms with Crippen LogP contribution in [0.2, 0.25) is 0 Å². The number of carboxylic acids is 1. The van der Waals surface area contributed by atoms with Gasteiger partial charge in [-0.1, -0.05) is 82.0 Å². The minimum absolute atomic E-state index is 0.00405. The lowest BCUT2D eigenvalue weighted by Crippen LogP contribution is -2.56. The molecule has 0 unspecified atom stereocenters. The Labute approximate surface area is 288 Å². The number of carboxylic acid groups (broad SMARTS) is 1. The number of hydrogen-bond donors (Lipinski definition) is 6. The molecule has 3 rings (SSSR count). The third-order valence-electron chi connectivity index (χ3n) is 8.68. The lowest BCUT2D eigenvalue weighted by atomic mass is 9.96. The number of carbonyl (C=O) groups is 6. The summed E-state index contributed by atoms with van der Waals surface area (Å²) in [7, 11) is 0. The van der Waals surface area contributed by atoms with Gasteiger partial charge in [0, 0.05) is 38.8 Å². The van der Waals surface area contributed by atoms with Gasteiger partial charge in [0.25, 0.3) is 0 Å². The molecule has 0 radical (unpaired) electrons. The zero-order chi connectivity index (χ0) is 35.8. The minimum Gasteiger partial charge on any atom is -0.481 e. The van der Waals surface area contributed by atoms with Crippen molar-refractivity contribution in [3.05, 3.63) is 48.0 Å². The first-order valence-electron chi connectivity index (χ1n) is 17.6. The first kappa shape index (κ1) is 39.0. The summed E-state index contributed by atoms with van der Waals surface area (Å²) in [6, 6.07) is 10.2. The molecule has 5 amide bonds. The molecule has 49 heavy (non-hydrogen) atoms. The first-order valence-corrected chi connectivity index (χ1v) is 17.6. The molecule has 1 aliphatic rings. The number of nitrogens with one attached hydrogen (secondary N) is 5. The Balaban J connectivity index is 1.90. The number of carbonyl (C=O) groups excluding carboxylic acids is 5. The maximum absolute atomic E-state index is 13.9. The van der Waals surface area contributed by atoms with Gasteiger partial charge in [-0.05, 0) is 54.4 Å². The second kappa shape index (κ2) is 20.1. The van der Waals surface area contributed by atoms with Gasteiger partial charge in [0.2, 0.25) is 29.5 Å². The summed E-state index contributed by atoms with van der Waals surface area (Å²) in [6.45, 7) is 5.96. The summed E-state index contributed by atoms with van der Waals surface area (Å²) in [5.41, 5.74) is 0.869. The number of rotatable bonds is 16. The van der Waals surface area contributed by atoms with Crippen LogP contribution in [0.1, 0.15) is 97.0 Å². The fourth-order valence-corrected chi connectivity index (χ4v) is 6.24. The summed E-state index contributed by atoms with van der Waals surface area (Å²) in [5.74, 6) is -2.66. The maximum atomic E-state index is 13.9. The van der Waals surface area contributed by atoms with Gasteiger partial charge in [-0.15, -0.1) is 0 Å². The van der Waals surface area contributed by atoms with Crippen molar-refractivity contribution in [2.45, 2.75) is 122 Å². The summed E-state index contributed by atoms with van der Waals surface area (Å²) in [6.07, 6.45) is 4.72. The van der Waals surface area contributed by atoms with E-state index in [0.29, 0.717) is 51.5 Å². The number of benzene rings is 2. The highest BCUT2D eigenvalue weighted by Gasteiger charge is 2.32. The average Bonchev–Trinajstić information content (AvgIpc) is 3.04. The van der Waals surface area contributed by atoms with E-state index in [-0.39, 0.29) is 43.4 Å². The molecule has 1 heterocycles. The minimum atomic E-state index is -1.01. The van der Waals surface area contributed by atoms with Gasteiger partial charge in [0.05, 0.1) is 0 Å². The molecule has 2 aromatic rings. The van der Waals surface area contributed by atoms with Gasteiger partial charge < -0.3 is 31.7 Å². The topological polar surface area (TPSA) is 183 Å². The maximum Gasteiger partial charge on any atom is 0.303 e. The molecule has 12 heteroatoms. The van der Waals surface area contributed by atoms with E-state index in [1.165, 1.54) is 6.92 Å². The number of fused-ring (bicyclic) bond motifs is 1. The fourth-order valence-electron chi connectivity index (χ4n) is 6.24. The lowest BCUT2D eigenvalue weighted by Gasteiger charge is -2.26. The van der Waals surface area contributed by atoms with Crippen LogP contribution in [0.3, 0.4) is 0 Å². The van der Waals surface area contributed by atoms with Crippen LogP contribution in [0.15, 0.2) is 42.5 Å². The molecular formula is C37H53N5O7. The Kier molecular flexibility index (Phi) is 16.0. The Morgan fingerprint density at radius 2 is 1.39 bits per heavy atom. The first-order chi connectivity index (χ1) is 23.4. The highest BCUT2D eigenvalue weighted by molar-refractivity contribution is 5.95. The lowest BCUT2D eigenvalue weighted by molar-refractivity contribution is -0.137. The zero-order valence-electron chi connectivity index (χ0n) is 29.0. The number of aliphatic carboxylic acids is 1. The number of unbranched alkanes of at least 4 members (excludes halogenated alkanes) is 4. The van der Waals surface area contributed by atoms with Crippen molar-refractivity contribution < 1.29 is 33.9 Å². The summed E-state index contributed by atoms with van der Waals surface area (Å²) >= 11 is 0. The largest absolute Gasteiger partial charge is 0.481 e. The van der Waals surface area contributed by atoms with Crippen LogP contribution in [0, 0.1) is 5.92 Å². The summed E-state index contributed by atoms with van der Waals surface area (Å²) < 4.78 is 0. The molecule has 6 N–H and O–H groups in total. The second-order valence-corrected chi connectivity index (χ2v) is 13.4. The molecule has 0 aromatic heterocycles. The average molecular weight is 680 g/mol. The van der Waals surface area contributed by atoms with Crippen molar-refractivity contribution >= 4 is 46.3 Å². The van der Waals surface area contributed by atoms with Crippen molar-refractivity contribution in [3.8, 4) is 0 Å². The van der Waals surface area contributed by atoms with Crippen molar-refractivity contribution in [1.82, 2.24) is 26.6 Å². The molecule has 0 bridgehead atoms. The van der Waals surface area contributed by atoms with Crippen LogP contribution in [-0.4, -0.2) is 71.3 Å². The Morgan fingerprint density at radius 3 is 2.06 bits per heavy atom. The molecule has 0 saturated carbocycles. The summed E-state index contributed by atoms with van der Waals surface area (Å²) in [4.78, 5) is 77.2. The highest BCUT2D eigenvalue weighted by atomic mass is 16.4. The Bertz CT molecular complexity index is 1440. The monoisotopic (exact) mass is 679 g/mol.